The molecule has 0 unspecified atom stereocenters. The Balaban J connectivity index is 0.000000555. The van der Waals surface area contributed by atoms with Crippen LogP contribution >= 0.6 is 0 Å². The second-order valence-corrected chi connectivity index (χ2v) is 6.14. The number of hydrogen-bond donors (Lipinski definition) is 6. The average molecular weight is 466 g/mol. The molecule has 0 saturated heterocycles. The summed E-state index contributed by atoms with van der Waals surface area (Å²) in [6.07, 6.45) is 0. The molecule has 2 aromatic rings. The van der Waals surface area contributed by atoms with Crippen molar-refractivity contribution in [2.75, 3.05) is 56.3 Å². The number of nitrogens with two attached hydrogens (primary N) is 3. The molecule has 0 aliphatic carbocycles. The van der Waals surface area contributed by atoms with E-state index in [4.69, 9.17) is 21.9 Å². The van der Waals surface area contributed by atoms with Crippen molar-refractivity contribution in [3.8, 4) is 5.75 Å². The number of hydrogen-bond acceptors (Lipinski definition) is 11. The van der Waals surface area contributed by atoms with Gasteiger partial charge in [-0.25, -0.2) is 0 Å². The molecule has 0 aliphatic heterocycles. The summed E-state index contributed by atoms with van der Waals surface area (Å²) in [5.74, 6) is 0.458. The molecule has 0 aliphatic rings. The molecule has 0 fully saturated rings. The molecular formula is C20H33N8O5. The Morgan fingerprint density at radius 3 is 1.94 bits per heavy atom. The highest BCUT2D eigenvalue weighted by Crippen LogP contribution is 2.29. The largest absolute Gasteiger partial charge is 0.496 e. The van der Waals surface area contributed by atoms with E-state index in [1.807, 2.05) is 0 Å². The molecule has 0 atom stereocenters. The molecule has 2 rings (SSSR count). The second-order valence-electron chi connectivity index (χ2n) is 6.14. The maximum atomic E-state index is 10.7. The smallest absolute Gasteiger partial charge is 0.296 e. The van der Waals surface area contributed by atoms with E-state index in [2.05, 4.69) is 16.0 Å². The topological polar surface area (TPSA) is 210 Å². The second kappa shape index (κ2) is 16.9. The van der Waals surface area contributed by atoms with Gasteiger partial charge in [-0.1, -0.05) is 0 Å². The normalized spacial score (nSPS) is 9.39. The Hall–Kier alpha value is -3.68. The van der Waals surface area contributed by atoms with Crippen molar-refractivity contribution in [3.05, 3.63) is 63.2 Å². The van der Waals surface area contributed by atoms with Crippen LogP contribution in [0.4, 0.5) is 28.4 Å². The summed E-state index contributed by atoms with van der Waals surface area (Å²) in [5, 5.41) is 30.1. The van der Waals surface area contributed by atoms with Crippen molar-refractivity contribution in [1.82, 2.24) is 0 Å². The zero-order chi connectivity index (χ0) is 25.2. The third-order valence-corrected chi connectivity index (χ3v) is 3.80. The monoisotopic (exact) mass is 465 g/mol. The number of nitrogens with one attached hydrogen (secondary N) is 3. The fourth-order valence-electron chi connectivity index (χ4n) is 2.37. The number of nitrogens with zero attached hydrogens (tertiary/aromatic N) is 2. The lowest BCUT2D eigenvalue weighted by Gasteiger charge is -2.06. The molecule has 0 aromatic heterocycles. The lowest BCUT2D eigenvalue weighted by molar-refractivity contribution is -0.384. The van der Waals surface area contributed by atoms with Gasteiger partial charge in [0.15, 0.2) is 0 Å². The number of anilines is 3. The number of rotatable bonds is 10. The quantitative estimate of drug-likeness (QED) is 0.221. The fourth-order valence-corrected chi connectivity index (χ4v) is 2.37. The number of nitro groups is 2. The zero-order valence-corrected chi connectivity index (χ0v) is 19.0. The molecule has 9 N–H and O–H groups in total. The van der Waals surface area contributed by atoms with Crippen LogP contribution in [0.2, 0.25) is 0 Å². The van der Waals surface area contributed by atoms with Crippen LogP contribution in [0.1, 0.15) is 6.92 Å². The standard InChI is InChI=1S/C9H14N4O2.C9H13N3O3.C2H6N/c1-11-8-3-2-7(12-5-4-10)6-9(8)13(14)15;1-15-7-2-3-8(11-5-4-10)9(6-7)12(13)14;1-2-3/h2-3,6,11-12H,4-5,10H2,1H3;2-3,6,11H,4-5,10H2,1H3;2H,3H2,1H3. The fraction of sp³-hybridized carbons (Fsp3) is 0.350. The first-order valence-corrected chi connectivity index (χ1v) is 9.95. The summed E-state index contributed by atoms with van der Waals surface area (Å²) >= 11 is 0. The van der Waals surface area contributed by atoms with E-state index in [0.717, 1.165) is 0 Å². The van der Waals surface area contributed by atoms with Gasteiger partial charge in [-0.2, -0.15) is 0 Å². The maximum Gasteiger partial charge on any atom is 0.296 e. The summed E-state index contributed by atoms with van der Waals surface area (Å²) in [7, 11) is 3.11. The molecule has 2 aromatic carbocycles. The third-order valence-electron chi connectivity index (χ3n) is 3.80. The van der Waals surface area contributed by atoms with Gasteiger partial charge in [0.05, 0.1) is 23.0 Å². The van der Waals surface area contributed by atoms with Crippen molar-refractivity contribution < 1.29 is 14.6 Å². The molecule has 1 radical (unpaired) electrons. The summed E-state index contributed by atoms with van der Waals surface area (Å²) in [6, 6.07) is 9.56. The van der Waals surface area contributed by atoms with Gasteiger partial charge >= 0.3 is 0 Å². The Morgan fingerprint density at radius 1 is 0.939 bits per heavy atom. The van der Waals surface area contributed by atoms with E-state index in [-0.39, 0.29) is 11.4 Å². The molecular weight excluding hydrogens is 432 g/mol. The van der Waals surface area contributed by atoms with Gasteiger partial charge in [-0.05, 0) is 31.2 Å². The lowest BCUT2D eigenvalue weighted by Crippen LogP contribution is -2.13. The average Bonchev–Trinajstić information content (AvgIpc) is 2.81. The number of benzene rings is 2. The highest BCUT2D eigenvalue weighted by atomic mass is 16.6. The van der Waals surface area contributed by atoms with Gasteiger partial charge in [0, 0.05) is 51.5 Å². The minimum atomic E-state index is -0.457. The number of methoxy groups -OCH3 is 1. The van der Waals surface area contributed by atoms with Crippen molar-refractivity contribution in [2.45, 2.75) is 6.92 Å². The van der Waals surface area contributed by atoms with Crippen LogP contribution < -0.4 is 37.9 Å². The first kappa shape index (κ1) is 29.3. The Labute approximate surface area is 193 Å². The molecule has 183 valence electrons. The van der Waals surface area contributed by atoms with Crippen molar-refractivity contribution >= 4 is 28.4 Å². The van der Waals surface area contributed by atoms with Crippen LogP contribution in [0.3, 0.4) is 0 Å². The molecule has 0 spiro atoms. The molecule has 0 bridgehead atoms. The van der Waals surface area contributed by atoms with Gasteiger partial charge in [0.25, 0.3) is 11.4 Å². The summed E-state index contributed by atoms with van der Waals surface area (Å²) in [4.78, 5) is 20.6. The van der Waals surface area contributed by atoms with Gasteiger partial charge in [0.1, 0.15) is 17.1 Å². The van der Waals surface area contributed by atoms with Crippen molar-refractivity contribution in [1.29, 1.82) is 0 Å². The lowest BCUT2D eigenvalue weighted by atomic mass is 10.2. The summed E-state index contributed by atoms with van der Waals surface area (Å²) in [5.41, 5.74) is 17.0. The van der Waals surface area contributed by atoms with E-state index in [1.54, 1.807) is 38.2 Å². The van der Waals surface area contributed by atoms with Crippen LogP contribution in [0.15, 0.2) is 36.4 Å². The molecule has 0 amide bonds. The van der Waals surface area contributed by atoms with E-state index < -0.39 is 9.85 Å². The summed E-state index contributed by atoms with van der Waals surface area (Å²) < 4.78 is 4.91. The molecule has 0 saturated carbocycles. The van der Waals surface area contributed by atoms with Gasteiger partial charge in [-0.15, -0.1) is 0 Å². The minimum Gasteiger partial charge on any atom is -0.496 e. The van der Waals surface area contributed by atoms with E-state index >= 15 is 0 Å². The van der Waals surface area contributed by atoms with Crippen molar-refractivity contribution in [3.63, 3.8) is 0 Å². The van der Waals surface area contributed by atoms with E-state index in [0.29, 0.717) is 49.0 Å². The zero-order valence-electron chi connectivity index (χ0n) is 19.0. The molecule has 0 heterocycles. The predicted octanol–water partition coefficient (Wildman–Crippen LogP) is 2.11. The van der Waals surface area contributed by atoms with Crippen LogP contribution in [0, 0.1) is 26.8 Å². The highest BCUT2D eigenvalue weighted by molar-refractivity contribution is 5.67. The Kier molecular flexibility index (Phi) is 15.1. The Bertz CT molecular complexity index is 866. The number of ether oxygens (including phenoxy) is 1. The molecule has 13 nitrogen and oxygen atoms in total. The first-order valence-electron chi connectivity index (χ1n) is 9.95. The maximum absolute atomic E-state index is 10.7. The van der Waals surface area contributed by atoms with E-state index in [9.17, 15) is 20.2 Å². The SMILES string of the molecule is CNc1ccc(NCCN)cc1[N+](=O)[O-].COc1ccc(NCCN)c([N+](=O)[O-])c1.C[CH]N. The predicted molar refractivity (Wildman–Crippen MR) is 132 cm³/mol. The van der Waals surface area contributed by atoms with Crippen LogP contribution in [-0.4, -0.2) is 50.2 Å². The highest BCUT2D eigenvalue weighted by Gasteiger charge is 2.14. The molecule has 13 heteroatoms. The summed E-state index contributed by atoms with van der Waals surface area (Å²) in [6.45, 7) is 5.27. The number of nitro benzene ring substituents is 2. The Morgan fingerprint density at radius 2 is 1.45 bits per heavy atom. The van der Waals surface area contributed by atoms with Gasteiger partial charge in [-0.3, -0.25) is 20.2 Å². The van der Waals surface area contributed by atoms with Crippen LogP contribution in [0.5, 0.6) is 5.75 Å². The van der Waals surface area contributed by atoms with Gasteiger partial charge in [0.2, 0.25) is 0 Å². The minimum absolute atomic E-state index is 0.0113. The third kappa shape index (κ3) is 11.0. The van der Waals surface area contributed by atoms with E-state index in [1.165, 1.54) is 25.8 Å². The first-order chi connectivity index (χ1) is 15.8. The van der Waals surface area contributed by atoms with Crippen LogP contribution in [0.25, 0.3) is 0 Å². The molecule has 33 heavy (non-hydrogen) atoms. The van der Waals surface area contributed by atoms with Crippen LogP contribution in [-0.2, 0) is 0 Å². The van der Waals surface area contributed by atoms with Crippen molar-refractivity contribution in [2.24, 2.45) is 17.2 Å². The van der Waals surface area contributed by atoms with Gasteiger partial charge < -0.3 is 37.9 Å².